The van der Waals surface area contributed by atoms with E-state index in [2.05, 4.69) is 10.6 Å². The Kier molecular flexibility index (Phi) is 6.72. The smallest absolute Gasteiger partial charge is 0.303 e. The largest absolute Gasteiger partial charge is 0.481 e. The lowest BCUT2D eigenvalue weighted by Crippen LogP contribution is -2.39. The molecule has 0 aliphatic rings. The quantitative estimate of drug-likeness (QED) is 0.669. The number of nitrogens with one attached hydrogen (secondary N) is 2. The van der Waals surface area contributed by atoms with Gasteiger partial charge in [-0.15, -0.1) is 11.3 Å². The van der Waals surface area contributed by atoms with E-state index in [4.69, 9.17) is 5.11 Å². The molecule has 2 amide bonds. The number of aliphatic carboxylic acids is 1. The van der Waals surface area contributed by atoms with E-state index in [1.165, 1.54) is 11.3 Å². The van der Waals surface area contributed by atoms with Gasteiger partial charge < -0.3 is 15.7 Å². The molecule has 110 valence electrons. The summed E-state index contributed by atoms with van der Waals surface area (Å²) in [6.07, 6.45) is 0.701. The van der Waals surface area contributed by atoms with E-state index in [1.807, 2.05) is 6.92 Å². The van der Waals surface area contributed by atoms with Gasteiger partial charge in [-0.25, -0.2) is 0 Å². The van der Waals surface area contributed by atoms with Gasteiger partial charge in [0.2, 0.25) is 5.91 Å². The van der Waals surface area contributed by atoms with Gasteiger partial charge in [0.05, 0.1) is 11.4 Å². The summed E-state index contributed by atoms with van der Waals surface area (Å²) in [6, 6.07) is 3.44. The molecule has 0 fully saturated rings. The highest BCUT2D eigenvalue weighted by atomic mass is 32.1. The third kappa shape index (κ3) is 5.83. The van der Waals surface area contributed by atoms with E-state index in [9.17, 15) is 14.4 Å². The molecule has 0 aliphatic carbocycles. The Balaban J connectivity index is 2.26. The van der Waals surface area contributed by atoms with E-state index in [-0.39, 0.29) is 30.7 Å². The SMILES string of the molecule is CCC(CNC(=O)CNC(=O)c1cccs1)CC(=O)O. The third-order valence-electron chi connectivity index (χ3n) is 2.78. The number of hydrogen-bond acceptors (Lipinski definition) is 4. The molecule has 6 nitrogen and oxygen atoms in total. The minimum Gasteiger partial charge on any atom is -0.481 e. The van der Waals surface area contributed by atoms with E-state index in [0.717, 1.165) is 0 Å². The second-order valence-electron chi connectivity index (χ2n) is 4.34. The van der Waals surface area contributed by atoms with Crippen LogP contribution in [0.5, 0.6) is 0 Å². The third-order valence-corrected chi connectivity index (χ3v) is 3.65. The van der Waals surface area contributed by atoms with Crippen molar-refractivity contribution in [2.45, 2.75) is 19.8 Å². The Labute approximate surface area is 121 Å². The summed E-state index contributed by atoms with van der Waals surface area (Å²) in [4.78, 5) is 34.3. The average Bonchev–Trinajstić information content (AvgIpc) is 2.94. The van der Waals surface area contributed by atoms with Crippen LogP contribution in [0.15, 0.2) is 17.5 Å². The predicted molar refractivity (Wildman–Crippen MR) is 75.7 cm³/mol. The summed E-state index contributed by atoms with van der Waals surface area (Å²) in [5, 5.41) is 15.6. The van der Waals surface area contributed by atoms with Crippen LogP contribution in [0.25, 0.3) is 0 Å². The Morgan fingerprint density at radius 1 is 1.35 bits per heavy atom. The molecule has 7 heteroatoms. The number of carbonyl (C=O) groups excluding carboxylic acids is 2. The maximum atomic E-state index is 11.6. The second kappa shape index (κ2) is 8.31. The first-order valence-corrected chi connectivity index (χ1v) is 7.21. The topological polar surface area (TPSA) is 95.5 Å². The Morgan fingerprint density at radius 3 is 2.65 bits per heavy atom. The second-order valence-corrected chi connectivity index (χ2v) is 5.28. The van der Waals surface area contributed by atoms with Gasteiger partial charge in [-0.1, -0.05) is 19.4 Å². The molecule has 1 aromatic heterocycles. The zero-order chi connectivity index (χ0) is 15.0. The van der Waals surface area contributed by atoms with Crippen LogP contribution in [0.4, 0.5) is 0 Å². The van der Waals surface area contributed by atoms with Gasteiger partial charge in [0.25, 0.3) is 5.91 Å². The van der Waals surface area contributed by atoms with Crippen molar-refractivity contribution in [2.24, 2.45) is 5.92 Å². The number of amides is 2. The molecule has 20 heavy (non-hydrogen) atoms. The molecule has 0 saturated carbocycles. The number of rotatable bonds is 8. The monoisotopic (exact) mass is 298 g/mol. The van der Waals surface area contributed by atoms with Crippen LogP contribution in [-0.2, 0) is 9.59 Å². The molecule has 1 rings (SSSR count). The van der Waals surface area contributed by atoms with E-state index >= 15 is 0 Å². The fourth-order valence-electron chi connectivity index (χ4n) is 1.58. The summed E-state index contributed by atoms with van der Waals surface area (Å²) in [7, 11) is 0. The van der Waals surface area contributed by atoms with Gasteiger partial charge in [0.15, 0.2) is 0 Å². The minimum atomic E-state index is -0.878. The van der Waals surface area contributed by atoms with Crippen LogP contribution >= 0.6 is 11.3 Å². The minimum absolute atomic E-state index is 0.0261. The highest BCUT2D eigenvalue weighted by molar-refractivity contribution is 7.12. The summed E-state index contributed by atoms with van der Waals surface area (Å²) >= 11 is 1.30. The highest BCUT2D eigenvalue weighted by Crippen LogP contribution is 2.07. The number of carboxylic acid groups (broad SMARTS) is 1. The normalized spacial score (nSPS) is 11.7. The molecule has 0 saturated heterocycles. The van der Waals surface area contributed by atoms with Crippen molar-refractivity contribution in [3.63, 3.8) is 0 Å². The maximum Gasteiger partial charge on any atom is 0.303 e. The zero-order valence-electron chi connectivity index (χ0n) is 11.2. The molecule has 0 aliphatic heterocycles. The highest BCUT2D eigenvalue weighted by Gasteiger charge is 2.13. The molecule has 0 aromatic carbocycles. The molecule has 1 unspecified atom stereocenters. The summed E-state index contributed by atoms with van der Waals surface area (Å²) < 4.78 is 0. The van der Waals surface area contributed by atoms with Crippen LogP contribution in [0.2, 0.25) is 0 Å². The Bertz CT molecular complexity index is 459. The zero-order valence-corrected chi connectivity index (χ0v) is 12.0. The first kappa shape index (κ1) is 16.2. The van der Waals surface area contributed by atoms with Gasteiger partial charge in [-0.3, -0.25) is 14.4 Å². The van der Waals surface area contributed by atoms with Crippen LogP contribution in [0.3, 0.4) is 0 Å². The van der Waals surface area contributed by atoms with Gasteiger partial charge in [0.1, 0.15) is 0 Å². The van der Waals surface area contributed by atoms with Gasteiger partial charge in [0, 0.05) is 13.0 Å². The first-order valence-electron chi connectivity index (χ1n) is 6.33. The number of carboxylic acids is 1. The number of carbonyl (C=O) groups is 3. The van der Waals surface area contributed by atoms with Crippen molar-refractivity contribution in [1.82, 2.24) is 10.6 Å². The molecule has 3 N–H and O–H groups in total. The van der Waals surface area contributed by atoms with Crippen LogP contribution < -0.4 is 10.6 Å². The van der Waals surface area contributed by atoms with Gasteiger partial charge in [-0.05, 0) is 17.4 Å². The van der Waals surface area contributed by atoms with Crippen molar-refractivity contribution in [2.75, 3.05) is 13.1 Å². The van der Waals surface area contributed by atoms with Crippen molar-refractivity contribution in [3.05, 3.63) is 22.4 Å². The molecule has 1 aromatic rings. The molecule has 1 heterocycles. The van der Waals surface area contributed by atoms with Gasteiger partial charge in [-0.2, -0.15) is 0 Å². The molecule has 0 spiro atoms. The van der Waals surface area contributed by atoms with E-state index in [0.29, 0.717) is 17.8 Å². The van der Waals surface area contributed by atoms with Gasteiger partial charge >= 0.3 is 5.97 Å². The summed E-state index contributed by atoms with van der Waals surface area (Å²) in [5.41, 5.74) is 0. The Morgan fingerprint density at radius 2 is 2.10 bits per heavy atom. The maximum absolute atomic E-state index is 11.6. The molecule has 0 radical (unpaired) electrons. The fraction of sp³-hybridized carbons (Fsp3) is 0.462. The Hall–Kier alpha value is -1.89. The molecular weight excluding hydrogens is 280 g/mol. The van der Waals surface area contributed by atoms with Crippen LogP contribution in [-0.4, -0.2) is 36.0 Å². The number of hydrogen-bond donors (Lipinski definition) is 3. The van der Waals surface area contributed by atoms with Crippen molar-refractivity contribution in [1.29, 1.82) is 0 Å². The van der Waals surface area contributed by atoms with E-state index < -0.39 is 5.97 Å². The van der Waals surface area contributed by atoms with E-state index in [1.54, 1.807) is 17.5 Å². The van der Waals surface area contributed by atoms with Crippen molar-refractivity contribution >= 4 is 29.1 Å². The van der Waals surface area contributed by atoms with Crippen molar-refractivity contribution < 1.29 is 19.5 Å². The molecular formula is C13H18N2O4S. The average molecular weight is 298 g/mol. The standard InChI is InChI=1S/C13H18N2O4S/c1-2-9(6-12(17)18)7-14-11(16)8-15-13(19)10-4-3-5-20-10/h3-5,9H,2,6-8H2,1H3,(H,14,16)(H,15,19)(H,17,18). The molecule has 1 atom stereocenters. The lowest BCUT2D eigenvalue weighted by atomic mass is 10.0. The summed E-state index contributed by atoms with van der Waals surface area (Å²) in [6.45, 7) is 2.06. The predicted octanol–water partition coefficient (Wildman–Crippen LogP) is 1.09. The number of thiophene rings is 1. The molecule has 0 bridgehead atoms. The lowest BCUT2D eigenvalue weighted by Gasteiger charge is -2.13. The van der Waals surface area contributed by atoms with Crippen LogP contribution in [0, 0.1) is 5.92 Å². The fourth-order valence-corrected chi connectivity index (χ4v) is 2.22. The summed E-state index contributed by atoms with van der Waals surface area (Å²) in [5.74, 6) is -1.58. The first-order chi connectivity index (χ1) is 9.52. The van der Waals surface area contributed by atoms with Crippen molar-refractivity contribution in [3.8, 4) is 0 Å². The van der Waals surface area contributed by atoms with Crippen LogP contribution in [0.1, 0.15) is 29.4 Å². The lowest BCUT2D eigenvalue weighted by molar-refractivity contribution is -0.138.